The summed E-state index contributed by atoms with van der Waals surface area (Å²) >= 11 is 0. The van der Waals surface area contributed by atoms with Crippen LogP contribution in [0, 0.1) is 0 Å². The lowest BCUT2D eigenvalue weighted by Crippen LogP contribution is -2.28. The van der Waals surface area contributed by atoms with Crippen molar-refractivity contribution in [2.45, 2.75) is 20.4 Å². The third kappa shape index (κ3) is 5.13. The Labute approximate surface area is 84.1 Å². The van der Waals surface area contributed by atoms with E-state index in [2.05, 4.69) is 30.6 Å². The fourth-order valence-corrected chi connectivity index (χ4v) is 0.689. The summed E-state index contributed by atoms with van der Waals surface area (Å²) in [5.74, 6) is -1.19. The van der Waals surface area contributed by atoms with Crippen LogP contribution in [0.2, 0.25) is 0 Å². The molecule has 0 aromatic carbocycles. The average molecular weight is 196 g/mol. The summed E-state index contributed by atoms with van der Waals surface area (Å²) in [6.45, 7) is 7.66. The highest BCUT2D eigenvalue weighted by Crippen LogP contribution is 1.77. The molecule has 78 valence electrons. The normalized spacial score (nSPS) is 8.79. The minimum atomic E-state index is -1.19. The zero-order valence-corrected chi connectivity index (χ0v) is 8.86. The van der Waals surface area contributed by atoms with E-state index in [-0.39, 0.29) is 5.57 Å². The standard InChI is InChI=1S/C6H11N2.C4H6O2/c1-3-8-5-4-7(2)6-8;1-3(2)4(5)6/h4-6H,3H2,1-2H3;1H2,2H3,(H,5,6)/q+1;/p-1. The number of carboxylic acid groups (broad SMARTS) is 1. The molecular weight excluding hydrogens is 180 g/mol. The second-order valence-corrected chi connectivity index (χ2v) is 2.98. The molecule has 0 saturated heterocycles. The van der Waals surface area contributed by atoms with Crippen molar-refractivity contribution in [2.75, 3.05) is 0 Å². The number of aromatic nitrogens is 2. The molecule has 0 aliphatic carbocycles. The van der Waals surface area contributed by atoms with Gasteiger partial charge in [0.25, 0.3) is 0 Å². The number of hydrogen-bond donors (Lipinski definition) is 0. The van der Waals surface area contributed by atoms with Gasteiger partial charge in [-0.2, -0.15) is 0 Å². The van der Waals surface area contributed by atoms with Crippen molar-refractivity contribution >= 4 is 5.97 Å². The van der Waals surface area contributed by atoms with E-state index in [1.165, 1.54) is 6.92 Å². The van der Waals surface area contributed by atoms with Crippen LogP contribution in [0.3, 0.4) is 0 Å². The lowest BCUT2D eigenvalue weighted by atomic mass is 10.4. The largest absolute Gasteiger partial charge is 0.545 e. The second kappa shape index (κ2) is 5.96. The van der Waals surface area contributed by atoms with Gasteiger partial charge in [0.2, 0.25) is 6.33 Å². The summed E-state index contributed by atoms with van der Waals surface area (Å²) in [7, 11) is 2.02. The van der Waals surface area contributed by atoms with Crippen LogP contribution in [0.5, 0.6) is 0 Å². The summed E-state index contributed by atoms with van der Waals surface area (Å²) in [6.07, 6.45) is 6.14. The predicted molar refractivity (Wildman–Crippen MR) is 51.1 cm³/mol. The molecule has 0 atom stereocenters. The average Bonchev–Trinajstić information content (AvgIpc) is 2.52. The van der Waals surface area contributed by atoms with Gasteiger partial charge in [0.15, 0.2) is 0 Å². The number of nitrogens with zero attached hydrogens (tertiary/aromatic N) is 2. The topological polar surface area (TPSA) is 48.9 Å². The summed E-state index contributed by atoms with van der Waals surface area (Å²) in [6, 6.07) is 0. The molecule has 0 aliphatic rings. The third-order valence-electron chi connectivity index (χ3n) is 1.54. The van der Waals surface area contributed by atoms with Crippen molar-refractivity contribution < 1.29 is 14.5 Å². The van der Waals surface area contributed by atoms with Crippen molar-refractivity contribution in [1.82, 2.24) is 4.57 Å². The number of carboxylic acids is 1. The Kier molecular flexibility index (Phi) is 5.29. The molecule has 0 unspecified atom stereocenters. The van der Waals surface area contributed by atoms with E-state index < -0.39 is 5.97 Å². The van der Waals surface area contributed by atoms with E-state index in [1.807, 2.05) is 17.8 Å². The van der Waals surface area contributed by atoms with Crippen LogP contribution in [0.4, 0.5) is 0 Å². The minimum Gasteiger partial charge on any atom is -0.545 e. The number of rotatable bonds is 2. The highest BCUT2D eigenvalue weighted by molar-refractivity contribution is 5.82. The summed E-state index contributed by atoms with van der Waals surface area (Å²) in [5.41, 5.74) is 0.0648. The molecule has 0 radical (unpaired) electrons. The van der Waals surface area contributed by atoms with Gasteiger partial charge in [-0.15, -0.1) is 0 Å². The first-order valence-electron chi connectivity index (χ1n) is 4.35. The predicted octanol–water partition coefficient (Wildman–Crippen LogP) is -0.355. The van der Waals surface area contributed by atoms with E-state index in [4.69, 9.17) is 0 Å². The van der Waals surface area contributed by atoms with Crippen molar-refractivity contribution in [2.24, 2.45) is 7.05 Å². The van der Waals surface area contributed by atoms with E-state index in [9.17, 15) is 9.90 Å². The van der Waals surface area contributed by atoms with Gasteiger partial charge in [0, 0.05) is 0 Å². The van der Waals surface area contributed by atoms with Gasteiger partial charge < -0.3 is 9.90 Å². The maximum Gasteiger partial charge on any atom is 0.243 e. The highest BCUT2D eigenvalue weighted by Gasteiger charge is 1.92. The molecule has 4 heteroatoms. The van der Waals surface area contributed by atoms with Crippen LogP contribution in [-0.4, -0.2) is 10.5 Å². The SMILES string of the molecule is C=C(C)C(=O)[O-].CC[n+]1ccn(C)c1. The second-order valence-electron chi connectivity index (χ2n) is 2.98. The van der Waals surface area contributed by atoms with Gasteiger partial charge in [-0.05, 0) is 19.4 Å². The number of aryl methyl sites for hydroxylation is 2. The van der Waals surface area contributed by atoms with Crippen molar-refractivity contribution in [3.63, 3.8) is 0 Å². The van der Waals surface area contributed by atoms with Crippen molar-refractivity contribution in [3.8, 4) is 0 Å². The summed E-state index contributed by atoms with van der Waals surface area (Å²) in [5, 5.41) is 9.49. The number of aliphatic carboxylic acids is 1. The molecular formula is C10H16N2O2. The first kappa shape index (κ1) is 12.4. The monoisotopic (exact) mass is 196 g/mol. The zero-order valence-electron chi connectivity index (χ0n) is 8.86. The molecule has 1 aromatic rings. The van der Waals surface area contributed by atoms with E-state index >= 15 is 0 Å². The quantitative estimate of drug-likeness (QED) is 0.479. The van der Waals surface area contributed by atoms with E-state index in [1.54, 1.807) is 0 Å². The Morgan fingerprint density at radius 2 is 2.14 bits per heavy atom. The van der Waals surface area contributed by atoms with Crippen molar-refractivity contribution in [1.29, 1.82) is 0 Å². The Bertz CT molecular complexity index is 304. The summed E-state index contributed by atoms with van der Waals surface area (Å²) < 4.78 is 4.16. The number of carbonyl (C=O) groups excluding carboxylic acids is 1. The Hall–Kier alpha value is -1.58. The van der Waals surface area contributed by atoms with E-state index in [0.29, 0.717) is 0 Å². The maximum atomic E-state index is 9.49. The summed E-state index contributed by atoms with van der Waals surface area (Å²) in [4.78, 5) is 9.49. The molecule has 1 rings (SSSR count). The molecule has 0 spiro atoms. The van der Waals surface area contributed by atoms with Gasteiger partial charge in [0.05, 0.1) is 19.6 Å². The van der Waals surface area contributed by atoms with Gasteiger partial charge in [-0.3, -0.25) is 0 Å². The van der Waals surface area contributed by atoms with Gasteiger partial charge in [-0.1, -0.05) is 6.58 Å². The van der Waals surface area contributed by atoms with Crippen molar-refractivity contribution in [3.05, 3.63) is 30.9 Å². The molecule has 0 amide bonds. The fourth-order valence-electron chi connectivity index (χ4n) is 0.689. The lowest BCUT2D eigenvalue weighted by Gasteiger charge is -1.93. The molecule has 0 fully saturated rings. The lowest BCUT2D eigenvalue weighted by molar-refractivity contribution is -0.693. The maximum absolute atomic E-state index is 9.49. The third-order valence-corrected chi connectivity index (χ3v) is 1.54. The molecule has 1 aromatic heterocycles. The molecule has 0 N–H and O–H groups in total. The van der Waals surface area contributed by atoms with Crippen LogP contribution in [0.25, 0.3) is 0 Å². The van der Waals surface area contributed by atoms with Crippen LogP contribution < -0.4 is 9.67 Å². The number of imidazole rings is 1. The van der Waals surface area contributed by atoms with E-state index in [0.717, 1.165) is 6.54 Å². The van der Waals surface area contributed by atoms with Crippen LogP contribution in [0.15, 0.2) is 30.9 Å². The molecule has 4 nitrogen and oxygen atoms in total. The molecule has 14 heavy (non-hydrogen) atoms. The van der Waals surface area contributed by atoms with Crippen LogP contribution in [-0.2, 0) is 18.4 Å². The number of hydrogen-bond acceptors (Lipinski definition) is 2. The smallest absolute Gasteiger partial charge is 0.243 e. The molecule has 0 aliphatic heterocycles. The number of carbonyl (C=O) groups is 1. The Balaban J connectivity index is 0.000000255. The first-order valence-corrected chi connectivity index (χ1v) is 4.35. The highest BCUT2D eigenvalue weighted by atomic mass is 16.4. The Morgan fingerprint density at radius 1 is 1.64 bits per heavy atom. The van der Waals surface area contributed by atoms with Crippen LogP contribution >= 0.6 is 0 Å². The van der Waals surface area contributed by atoms with Gasteiger partial charge >= 0.3 is 0 Å². The van der Waals surface area contributed by atoms with Gasteiger partial charge in [-0.25, -0.2) is 9.13 Å². The first-order chi connectivity index (χ1) is 6.47. The molecule has 1 heterocycles. The van der Waals surface area contributed by atoms with Crippen LogP contribution in [0.1, 0.15) is 13.8 Å². The minimum absolute atomic E-state index is 0.0648. The molecule has 0 bridgehead atoms. The molecule has 0 saturated carbocycles. The zero-order chi connectivity index (χ0) is 11.1. The fraction of sp³-hybridized carbons (Fsp3) is 0.400. The van der Waals surface area contributed by atoms with Gasteiger partial charge in [0.1, 0.15) is 12.4 Å². The Morgan fingerprint density at radius 3 is 2.29 bits per heavy atom.